The van der Waals surface area contributed by atoms with E-state index in [9.17, 15) is 15.0 Å². The zero-order valence-corrected chi connectivity index (χ0v) is 12.5. The lowest BCUT2D eigenvalue weighted by Crippen LogP contribution is -2.39. The van der Waals surface area contributed by atoms with Crippen molar-refractivity contribution in [1.29, 1.82) is 0 Å². The second-order valence-electron chi connectivity index (χ2n) is 5.86. The lowest BCUT2D eigenvalue weighted by atomic mass is 9.76. The van der Waals surface area contributed by atoms with Crippen molar-refractivity contribution in [1.82, 2.24) is 4.90 Å². The Morgan fingerprint density at radius 1 is 1.50 bits per heavy atom. The molecule has 1 atom stereocenters. The zero-order valence-electron chi connectivity index (χ0n) is 11.8. The molecule has 0 aliphatic carbocycles. The van der Waals surface area contributed by atoms with E-state index in [1.807, 2.05) is 19.9 Å². The molecule has 2 N–H and O–H groups in total. The molecule has 1 aromatic carbocycles. The number of carboxylic acid groups (broad SMARTS) is 1. The second-order valence-corrected chi connectivity index (χ2v) is 6.27. The highest BCUT2D eigenvalue weighted by molar-refractivity contribution is 6.32. The van der Waals surface area contributed by atoms with Gasteiger partial charge in [0, 0.05) is 13.1 Å². The molecule has 0 amide bonds. The SMILES string of the molecule is CC(C)C1(C(=O)O)CCN(Cc2ccc(O)c(Cl)c2)C1. The van der Waals surface area contributed by atoms with Crippen molar-refractivity contribution >= 4 is 17.6 Å². The van der Waals surface area contributed by atoms with Gasteiger partial charge in [-0.3, -0.25) is 9.69 Å². The van der Waals surface area contributed by atoms with E-state index in [0.29, 0.717) is 24.5 Å². The van der Waals surface area contributed by atoms with E-state index >= 15 is 0 Å². The van der Waals surface area contributed by atoms with Crippen LogP contribution in [0.4, 0.5) is 0 Å². The third-order valence-electron chi connectivity index (χ3n) is 4.33. The van der Waals surface area contributed by atoms with Gasteiger partial charge in [0.2, 0.25) is 0 Å². The Balaban J connectivity index is 2.09. The topological polar surface area (TPSA) is 60.8 Å². The van der Waals surface area contributed by atoms with Gasteiger partial charge in [0.15, 0.2) is 0 Å². The molecule has 110 valence electrons. The van der Waals surface area contributed by atoms with E-state index in [2.05, 4.69) is 4.90 Å². The molecule has 1 heterocycles. The lowest BCUT2D eigenvalue weighted by Gasteiger charge is -2.28. The normalized spacial score (nSPS) is 23.4. The number of likely N-dealkylation sites (tertiary alicyclic amines) is 1. The van der Waals surface area contributed by atoms with Gasteiger partial charge < -0.3 is 10.2 Å². The van der Waals surface area contributed by atoms with Crippen LogP contribution in [0.1, 0.15) is 25.8 Å². The van der Waals surface area contributed by atoms with E-state index in [1.165, 1.54) is 0 Å². The van der Waals surface area contributed by atoms with Gasteiger partial charge >= 0.3 is 5.97 Å². The molecule has 1 aliphatic rings. The molecule has 1 aliphatic heterocycles. The van der Waals surface area contributed by atoms with Crippen molar-refractivity contribution in [3.8, 4) is 5.75 Å². The molecule has 0 aromatic heterocycles. The molecule has 20 heavy (non-hydrogen) atoms. The fourth-order valence-electron chi connectivity index (χ4n) is 2.85. The Bertz CT molecular complexity index is 518. The maximum Gasteiger partial charge on any atom is 0.311 e. The van der Waals surface area contributed by atoms with Crippen LogP contribution in [-0.2, 0) is 11.3 Å². The monoisotopic (exact) mass is 297 g/mol. The first kappa shape index (κ1) is 15.1. The molecule has 4 nitrogen and oxygen atoms in total. The summed E-state index contributed by atoms with van der Waals surface area (Å²) in [6.45, 7) is 5.91. The Labute approximate surface area is 124 Å². The number of hydrogen-bond donors (Lipinski definition) is 2. The van der Waals surface area contributed by atoms with Crippen LogP contribution in [0.25, 0.3) is 0 Å². The second kappa shape index (κ2) is 5.62. The Morgan fingerprint density at radius 3 is 2.70 bits per heavy atom. The average Bonchev–Trinajstić information content (AvgIpc) is 2.79. The summed E-state index contributed by atoms with van der Waals surface area (Å²) in [7, 11) is 0. The highest BCUT2D eigenvalue weighted by Crippen LogP contribution is 2.38. The maximum absolute atomic E-state index is 11.6. The number of nitrogens with zero attached hydrogens (tertiary/aromatic N) is 1. The van der Waals surface area contributed by atoms with E-state index in [-0.39, 0.29) is 11.7 Å². The number of phenolic OH excluding ortho intramolecular Hbond substituents is 1. The van der Waals surface area contributed by atoms with Crippen LogP contribution >= 0.6 is 11.6 Å². The van der Waals surface area contributed by atoms with Crippen molar-refractivity contribution in [2.45, 2.75) is 26.8 Å². The van der Waals surface area contributed by atoms with Gasteiger partial charge in [-0.2, -0.15) is 0 Å². The molecule has 1 fully saturated rings. The molecule has 1 unspecified atom stereocenters. The molecular formula is C15H20ClNO3. The summed E-state index contributed by atoms with van der Waals surface area (Å²) < 4.78 is 0. The number of rotatable bonds is 4. The van der Waals surface area contributed by atoms with Gasteiger partial charge in [0.25, 0.3) is 0 Å². The summed E-state index contributed by atoms with van der Waals surface area (Å²) in [6, 6.07) is 5.12. The summed E-state index contributed by atoms with van der Waals surface area (Å²) in [5.41, 5.74) is 0.332. The van der Waals surface area contributed by atoms with E-state index in [1.54, 1.807) is 12.1 Å². The van der Waals surface area contributed by atoms with Crippen molar-refractivity contribution in [2.75, 3.05) is 13.1 Å². The van der Waals surface area contributed by atoms with Gasteiger partial charge in [-0.05, 0) is 36.6 Å². The quantitative estimate of drug-likeness (QED) is 0.897. The first-order chi connectivity index (χ1) is 9.35. The van der Waals surface area contributed by atoms with E-state index < -0.39 is 11.4 Å². The first-order valence-corrected chi connectivity index (χ1v) is 7.16. The van der Waals surface area contributed by atoms with Crippen molar-refractivity contribution in [2.24, 2.45) is 11.3 Å². The highest BCUT2D eigenvalue weighted by atomic mass is 35.5. The van der Waals surface area contributed by atoms with Crippen LogP contribution < -0.4 is 0 Å². The predicted molar refractivity (Wildman–Crippen MR) is 77.9 cm³/mol. The number of hydrogen-bond acceptors (Lipinski definition) is 3. The number of aromatic hydroxyl groups is 1. The minimum Gasteiger partial charge on any atom is -0.506 e. The molecule has 0 radical (unpaired) electrons. The molecule has 1 saturated heterocycles. The third kappa shape index (κ3) is 2.76. The zero-order chi connectivity index (χ0) is 14.9. The van der Waals surface area contributed by atoms with Gasteiger partial charge in [-0.25, -0.2) is 0 Å². The van der Waals surface area contributed by atoms with Gasteiger partial charge in [0.05, 0.1) is 10.4 Å². The predicted octanol–water partition coefficient (Wildman–Crippen LogP) is 2.98. The van der Waals surface area contributed by atoms with E-state index in [4.69, 9.17) is 11.6 Å². The number of phenols is 1. The lowest BCUT2D eigenvalue weighted by molar-refractivity contribution is -0.151. The van der Waals surface area contributed by atoms with Crippen LogP contribution in [0.2, 0.25) is 5.02 Å². The van der Waals surface area contributed by atoms with Gasteiger partial charge in [-0.1, -0.05) is 31.5 Å². The smallest absolute Gasteiger partial charge is 0.311 e. The Kier molecular flexibility index (Phi) is 4.25. The summed E-state index contributed by atoms with van der Waals surface area (Å²) >= 11 is 5.89. The van der Waals surface area contributed by atoms with Crippen LogP contribution in [0.3, 0.4) is 0 Å². The molecule has 0 saturated carbocycles. The van der Waals surface area contributed by atoms with Crippen molar-refractivity contribution < 1.29 is 15.0 Å². The van der Waals surface area contributed by atoms with Crippen molar-refractivity contribution in [3.63, 3.8) is 0 Å². The van der Waals surface area contributed by atoms with E-state index in [0.717, 1.165) is 12.1 Å². The maximum atomic E-state index is 11.6. The van der Waals surface area contributed by atoms with Crippen LogP contribution in [0.15, 0.2) is 18.2 Å². The summed E-state index contributed by atoms with van der Waals surface area (Å²) in [5, 5.41) is 19.3. The fourth-order valence-corrected chi connectivity index (χ4v) is 3.05. The first-order valence-electron chi connectivity index (χ1n) is 6.78. The summed E-state index contributed by atoms with van der Waals surface area (Å²) in [4.78, 5) is 13.7. The summed E-state index contributed by atoms with van der Waals surface area (Å²) in [5.74, 6) is -0.536. The molecule has 5 heteroatoms. The number of carboxylic acids is 1. The number of benzene rings is 1. The van der Waals surface area contributed by atoms with Crippen molar-refractivity contribution in [3.05, 3.63) is 28.8 Å². The molecule has 0 spiro atoms. The Morgan fingerprint density at radius 2 is 2.20 bits per heavy atom. The average molecular weight is 298 g/mol. The standard InChI is InChI=1S/C15H20ClNO3/c1-10(2)15(14(19)20)5-6-17(9-15)8-11-3-4-13(18)12(16)7-11/h3-4,7,10,18H,5-6,8-9H2,1-2H3,(H,19,20). The molecule has 2 rings (SSSR count). The minimum absolute atomic E-state index is 0.0684. The van der Waals surface area contributed by atoms with Gasteiger partial charge in [-0.15, -0.1) is 0 Å². The number of halogens is 1. The minimum atomic E-state index is -0.710. The molecular weight excluding hydrogens is 278 g/mol. The Hall–Kier alpha value is -1.26. The number of aliphatic carboxylic acids is 1. The molecule has 1 aromatic rings. The van der Waals surface area contributed by atoms with Crippen LogP contribution in [-0.4, -0.2) is 34.2 Å². The highest BCUT2D eigenvalue weighted by Gasteiger charge is 2.47. The van der Waals surface area contributed by atoms with Crippen LogP contribution in [0.5, 0.6) is 5.75 Å². The third-order valence-corrected chi connectivity index (χ3v) is 4.63. The summed E-state index contributed by atoms with van der Waals surface area (Å²) in [6.07, 6.45) is 0.672. The van der Waals surface area contributed by atoms with Gasteiger partial charge in [0.1, 0.15) is 5.75 Å². The molecule has 0 bridgehead atoms. The van der Waals surface area contributed by atoms with Crippen LogP contribution in [0, 0.1) is 11.3 Å². The fraction of sp³-hybridized carbons (Fsp3) is 0.533. The largest absolute Gasteiger partial charge is 0.506 e. The number of carbonyl (C=O) groups is 1.